The van der Waals surface area contributed by atoms with Crippen LogP contribution >= 0.6 is 23.2 Å². The Kier molecular flexibility index (Phi) is 4.85. The highest BCUT2D eigenvalue weighted by Crippen LogP contribution is 2.23. The Balaban J connectivity index is 2.22. The number of carbonyl (C=O) groups is 1. The van der Waals surface area contributed by atoms with Crippen molar-refractivity contribution < 1.29 is 4.79 Å². The number of aromatic nitrogens is 3. The van der Waals surface area contributed by atoms with E-state index in [1.165, 1.54) is 0 Å². The van der Waals surface area contributed by atoms with E-state index in [2.05, 4.69) is 20.5 Å². The van der Waals surface area contributed by atoms with Crippen LogP contribution in [0.4, 0.5) is 0 Å². The van der Waals surface area contributed by atoms with Gasteiger partial charge in [-0.25, -0.2) is 4.98 Å². The molecule has 0 bridgehead atoms. The lowest BCUT2D eigenvalue weighted by molar-refractivity contribution is 0.0923. The van der Waals surface area contributed by atoms with Gasteiger partial charge in [0, 0.05) is 5.02 Å². The van der Waals surface area contributed by atoms with Crippen LogP contribution < -0.4 is 5.32 Å². The van der Waals surface area contributed by atoms with Gasteiger partial charge >= 0.3 is 0 Å². The minimum absolute atomic E-state index is 0.134. The Hall–Kier alpha value is -1.59. The normalized spacial score (nSPS) is 12.5. The van der Waals surface area contributed by atoms with Crippen LogP contribution in [0.5, 0.6) is 0 Å². The highest BCUT2D eigenvalue weighted by Gasteiger charge is 2.23. The van der Waals surface area contributed by atoms with Gasteiger partial charge in [0.25, 0.3) is 5.91 Å². The zero-order valence-corrected chi connectivity index (χ0v) is 13.5. The number of aromatic amines is 1. The highest BCUT2D eigenvalue weighted by atomic mass is 35.5. The van der Waals surface area contributed by atoms with Crippen LogP contribution in [0.15, 0.2) is 18.2 Å². The van der Waals surface area contributed by atoms with Gasteiger partial charge in [-0.2, -0.15) is 5.10 Å². The molecule has 0 saturated heterocycles. The number of rotatable bonds is 4. The molecule has 1 atom stereocenters. The molecule has 2 rings (SSSR count). The lowest BCUT2D eigenvalue weighted by Gasteiger charge is -2.19. The van der Waals surface area contributed by atoms with E-state index < -0.39 is 0 Å². The topological polar surface area (TPSA) is 70.7 Å². The molecular weight excluding hydrogens is 311 g/mol. The number of nitrogens with zero attached hydrogens (tertiary/aromatic N) is 2. The maximum Gasteiger partial charge on any atom is 0.253 e. The quantitative estimate of drug-likeness (QED) is 0.902. The molecule has 0 fully saturated rings. The molecule has 0 radical (unpaired) electrons. The highest BCUT2D eigenvalue weighted by molar-refractivity contribution is 6.36. The standard InChI is InChI=1S/C14H16Cl2N4O/c1-7(2)12(13-17-8(3)19-20-13)18-14(21)10-5-4-9(15)6-11(10)16/h4-7,12H,1-3H3,(H,18,21)(H,17,19,20)/t12-/m0/s1. The third-order valence-corrected chi connectivity index (χ3v) is 3.57. The van der Waals surface area contributed by atoms with Crippen molar-refractivity contribution in [1.82, 2.24) is 20.5 Å². The van der Waals surface area contributed by atoms with Crippen molar-refractivity contribution in [3.05, 3.63) is 45.5 Å². The molecule has 5 nitrogen and oxygen atoms in total. The number of hydrogen-bond acceptors (Lipinski definition) is 3. The molecule has 0 unspecified atom stereocenters. The Morgan fingerprint density at radius 2 is 2.05 bits per heavy atom. The van der Waals surface area contributed by atoms with Gasteiger partial charge < -0.3 is 5.32 Å². The summed E-state index contributed by atoms with van der Waals surface area (Å²) in [6.07, 6.45) is 0. The van der Waals surface area contributed by atoms with Gasteiger partial charge in [-0.3, -0.25) is 9.89 Å². The summed E-state index contributed by atoms with van der Waals surface area (Å²) in [7, 11) is 0. The van der Waals surface area contributed by atoms with E-state index >= 15 is 0 Å². The second-order valence-corrected chi connectivity index (χ2v) is 5.94. The molecule has 1 amide bonds. The molecule has 0 spiro atoms. The number of aryl methyl sites for hydroxylation is 1. The number of H-pyrrole nitrogens is 1. The van der Waals surface area contributed by atoms with Crippen LogP contribution in [0.3, 0.4) is 0 Å². The van der Waals surface area contributed by atoms with E-state index in [9.17, 15) is 4.79 Å². The second kappa shape index (κ2) is 6.45. The average molecular weight is 327 g/mol. The van der Waals surface area contributed by atoms with Crippen molar-refractivity contribution in [3.63, 3.8) is 0 Å². The summed E-state index contributed by atoms with van der Waals surface area (Å²) in [6.45, 7) is 5.78. The Morgan fingerprint density at radius 1 is 1.33 bits per heavy atom. The maximum absolute atomic E-state index is 12.4. The first-order chi connectivity index (χ1) is 9.88. The monoisotopic (exact) mass is 326 g/mol. The zero-order chi connectivity index (χ0) is 15.6. The van der Waals surface area contributed by atoms with Crippen LogP contribution in [0.1, 0.15) is 41.9 Å². The fourth-order valence-electron chi connectivity index (χ4n) is 1.92. The molecule has 2 aromatic rings. The van der Waals surface area contributed by atoms with E-state index in [0.717, 1.165) is 0 Å². The van der Waals surface area contributed by atoms with Gasteiger partial charge in [-0.1, -0.05) is 37.0 Å². The van der Waals surface area contributed by atoms with Gasteiger partial charge in [0.1, 0.15) is 5.82 Å². The van der Waals surface area contributed by atoms with Crippen molar-refractivity contribution in [3.8, 4) is 0 Å². The van der Waals surface area contributed by atoms with E-state index in [1.807, 2.05) is 20.8 Å². The van der Waals surface area contributed by atoms with Gasteiger partial charge in [0.05, 0.1) is 16.6 Å². The average Bonchev–Trinajstić information content (AvgIpc) is 2.81. The Bertz CT molecular complexity index is 654. The molecule has 112 valence electrons. The van der Waals surface area contributed by atoms with Crippen molar-refractivity contribution in [2.24, 2.45) is 5.92 Å². The third kappa shape index (κ3) is 3.74. The first kappa shape index (κ1) is 15.8. The predicted molar refractivity (Wildman–Crippen MR) is 82.6 cm³/mol. The second-order valence-electron chi connectivity index (χ2n) is 5.10. The Labute approximate surface area is 133 Å². The number of benzene rings is 1. The first-order valence-electron chi connectivity index (χ1n) is 6.53. The zero-order valence-electron chi connectivity index (χ0n) is 11.9. The van der Waals surface area contributed by atoms with Gasteiger partial charge in [0.15, 0.2) is 5.82 Å². The van der Waals surface area contributed by atoms with E-state index in [-0.39, 0.29) is 17.9 Å². The molecule has 0 aliphatic rings. The van der Waals surface area contributed by atoms with Gasteiger partial charge in [-0.05, 0) is 31.0 Å². The van der Waals surface area contributed by atoms with Crippen molar-refractivity contribution in [1.29, 1.82) is 0 Å². The third-order valence-electron chi connectivity index (χ3n) is 3.02. The molecule has 21 heavy (non-hydrogen) atoms. The van der Waals surface area contributed by atoms with Crippen LogP contribution in [0.25, 0.3) is 0 Å². The summed E-state index contributed by atoms with van der Waals surface area (Å²) in [5.74, 6) is 1.11. The number of carbonyl (C=O) groups excluding carboxylic acids is 1. The summed E-state index contributed by atoms with van der Waals surface area (Å²) in [4.78, 5) is 16.6. The molecule has 0 aliphatic heterocycles. The number of halogens is 2. The summed E-state index contributed by atoms with van der Waals surface area (Å²) in [6, 6.07) is 4.47. The molecular formula is C14H16Cl2N4O. The maximum atomic E-state index is 12.4. The van der Waals surface area contributed by atoms with Crippen molar-refractivity contribution in [2.75, 3.05) is 0 Å². The van der Waals surface area contributed by atoms with Crippen molar-refractivity contribution >= 4 is 29.1 Å². The molecule has 7 heteroatoms. The summed E-state index contributed by atoms with van der Waals surface area (Å²) >= 11 is 11.9. The lowest BCUT2D eigenvalue weighted by Crippen LogP contribution is -2.32. The minimum atomic E-state index is -0.297. The van der Waals surface area contributed by atoms with E-state index in [0.29, 0.717) is 27.3 Å². The van der Waals surface area contributed by atoms with Gasteiger partial charge in [-0.15, -0.1) is 0 Å². The fraction of sp³-hybridized carbons (Fsp3) is 0.357. The smallest absolute Gasteiger partial charge is 0.253 e. The summed E-state index contributed by atoms with van der Waals surface area (Å²) in [5.41, 5.74) is 0.374. The summed E-state index contributed by atoms with van der Waals surface area (Å²) < 4.78 is 0. The predicted octanol–water partition coefficient (Wildman–Crippen LogP) is 3.55. The SMILES string of the molecule is Cc1nc([C@@H](NC(=O)c2ccc(Cl)cc2Cl)C(C)C)n[nH]1. The minimum Gasteiger partial charge on any atom is -0.342 e. The molecule has 1 heterocycles. The Morgan fingerprint density at radius 3 is 2.57 bits per heavy atom. The number of amides is 1. The molecule has 1 aromatic carbocycles. The van der Waals surface area contributed by atoms with Crippen LogP contribution in [0.2, 0.25) is 10.0 Å². The lowest BCUT2D eigenvalue weighted by atomic mass is 10.0. The number of nitrogens with one attached hydrogen (secondary N) is 2. The van der Waals surface area contributed by atoms with Gasteiger partial charge in [0.2, 0.25) is 0 Å². The molecule has 0 aliphatic carbocycles. The fourth-order valence-corrected chi connectivity index (χ4v) is 2.42. The molecule has 2 N–H and O–H groups in total. The summed E-state index contributed by atoms with van der Waals surface area (Å²) in [5, 5.41) is 10.6. The van der Waals surface area contributed by atoms with Crippen LogP contribution in [-0.2, 0) is 0 Å². The first-order valence-corrected chi connectivity index (χ1v) is 7.29. The molecule has 0 saturated carbocycles. The van der Waals surface area contributed by atoms with Crippen LogP contribution in [-0.4, -0.2) is 21.1 Å². The van der Waals surface area contributed by atoms with Crippen LogP contribution in [0, 0.1) is 12.8 Å². The largest absolute Gasteiger partial charge is 0.342 e. The molecule has 1 aromatic heterocycles. The van der Waals surface area contributed by atoms with E-state index in [4.69, 9.17) is 23.2 Å². The van der Waals surface area contributed by atoms with E-state index in [1.54, 1.807) is 18.2 Å². The van der Waals surface area contributed by atoms with Crippen molar-refractivity contribution in [2.45, 2.75) is 26.8 Å². The number of hydrogen-bond donors (Lipinski definition) is 2.